The molecule has 17 heavy (non-hydrogen) atoms. The van der Waals surface area contributed by atoms with E-state index in [0.717, 1.165) is 37.8 Å². The minimum Gasteiger partial charge on any atom is -0.352 e. The van der Waals surface area contributed by atoms with Gasteiger partial charge in [0.05, 0.1) is 5.69 Å². The monoisotopic (exact) mass is 237 g/mol. The van der Waals surface area contributed by atoms with Crippen LogP contribution in [0.5, 0.6) is 0 Å². The van der Waals surface area contributed by atoms with Crippen LogP contribution in [0, 0.1) is 0 Å². The third kappa shape index (κ3) is 4.14. The molecule has 1 aromatic rings. The lowest BCUT2D eigenvalue weighted by Crippen LogP contribution is -2.29. The van der Waals surface area contributed by atoms with E-state index in [-0.39, 0.29) is 12.5 Å². The van der Waals surface area contributed by atoms with Crippen molar-refractivity contribution < 1.29 is 4.79 Å². The molecule has 2 rings (SSSR count). The first-order chi connectivity index (χ1) is 8.28. The number of hydrogen-bond acceptors (Lipinski definition) is 4. The summed E-state index contributed by atoms with van der Waals surface area (Å²) in [5.41, 5.74) is 6.35. The van der Waals surface area contributed by atoms with Gasteiger partial charge in [-0.05, 0) is 38.6 Å². The maximum absolute atomic E-state index is 11.5. The van der Waals surface area contributed by atoms with Gasteiger partial charge in [-0.3, -0.25) is 4.79 Å². The summed E-state index contributed by atoms with van der Waals surface area (Å²) in [7, 11) is 0. The van der Waals surface area contributed by atoms with Gasteiger partial charge in [0.15, 0.2) is 0 Å². The van der Waals surface area contributed by atoms with Crippen LogP contribution >= 0.6 is 0 Å². The summed E-state index contributed by atoms with van der Waals surface area (Å²) in [6.45, 7) is 0.971. The lowest BCUT2D eigenvalue weighted by atomic mass is 10.2. The molecular weight excluding hydrogens is 218 g/mol. The van der Waals surface area contributed by atoms with Crippen molar-refractivity contribution in [1.82, 2.24) is 20.3 Å². The molecule has 1 heterocycles. The van der Waals surface area contributed by atoms with E-state index in [1.54, 1.807) is 4.68 Å². The molecule has 0 unspecified atom stereocenters. The number of aromatic nitrogens is 3. The van der Waals surface area contributed by atoms with Crippen molar-refractivity contribution in [2.75, 3.05) is 6.54 Å². The van der Waals surface area contributed by atoms with Gasteiger partial charge in [0.25, 0.3) is 0 Å². The zero-order valence-corrected chi connectivity index (χ0v) is 9.93. The Morgan fingerprint density at radius 1 is 1.53 bits per heavy atom. The Balaban J connectivity index is 1.74. The summed E-state index contributed by atoms with van der Waals surface area (Å²) in [5, 5.41) is 10.9. The summed E-state index contributed by atoms with van der Waals surface area (Å²) in [4.78, 5) is 11.5. The van der Waals surface area contributed by atoms with Gasteiger partial charge in [-0.25, -0.2) is 4.68 Å². The van der Waals surface area contributed by atoms with Crippen LogP contribution in [-0.2, 0) is 17.8 Å². The Kier molecular flexibility index (Phi) is 4.08. The predicted octanol–water partition coefficient (Wildman–Crippen LogP) is -0.162. The second-order valence-corrected chi connectivity index (χ2v) is 4.50. The Labute approximate surface area is 101 Å². The second-order valence-electron chi connectivity index (χ2n) is 4.50. The van der Waals surface area contributed by atoms with Gasteiger partial charge in [0.1, 0.15) is 6.54 Å². The van der Waals surface area contributed by atoms with Gasteiger partial charge in [-0.15, -0.1) is 5.10 Å². The molecule has 1 aliphatic carbocycles. The number of nitrogens with one attached hydrogen (secondary N) is 1. The standard InChI is InChI=1S/C11H19N5O/c12-6-2-1-3-10-7-16(15-14-10)8-11(17)13-9-4-5-9/h7,9H,1-6,8,12H2,(H,13,17). The maximum Gasteiger partial charge on any atom is 0.242 e. The number of carbonyl (C=O) groups excluding carboxylic acids is 1. The van der Waals surface area contributed by atoms with Crippen LogP contribution in [-0.4, -0.2) is 33.5 Å². The fraction of sp³-hybridized carbons (Fsp3) is 0.727. The van der Waals surface area contributed by atoms with Gasteiger partial charge >= 0.3 is 0 Å². The first-order valence-electron chi connectivity index (χ1n) is 6.16. The third-order valence-corrected chi connectivity index (χ3v) is 2.72. The molecule has 6 heteroatoms. The fourth-order valence-electron chi connectivity index (χ4n) is 1.63. The lowest BCUT2D eigenvalue weighted by Gasteiger charge is -2.01. The largest absolute Gasteiger partial charge is 0.352 e. The smallest absolute Gasteiger partial charge is 0.242 e. The highest BCUT2D eigenvalue weighted by Crippen LogP contribution is 2.18. The molecule has 3 N–H and O–H groups in total. The number of nitrogens with two attached hydrogens (primary N) is 1. The van der Waals surface area contributed by atoms with Crippen molar-refractivity contribution >= 4 is 5.91 Å². The summed E-state index contributed by atoms with van der Waals surface area (Å²) in [6.07, 6.45) is 6.93. The number of amides is 1. The molecule has 1 saturated carbocycles. The average Bonchev–Trinajstić information content (AvgIpc) is 2.99. The van der Waals surface area contributed by atoms with E-state index >= 15 is 0 Å². The highest BCUT2D eigenvalue weighted by molar-refractivity contribution is 5.76. The molecule has 1 fully saturated rings. The maximum atomic E-state index is 11.5. The molecule has 0 aromatic carbocycles. The lowest BCUT2D eigenvalue weighted by molar-refractivity contribution is -0.122. The molecule has 0 spiro atoms. The number of hydrogen-bond donors (Lipinski definition) is 2. The van der Waals surface area contributed by atoms with E-state index < -0.39 is 0 Å². The first kappa shape index (κ1) is 12.0. The third-order valence-electron chi connectivity index (χ3n) is 2.72. The Morgan fingerprint density at radius 3 is 3.06 bits per heavy atom. The normalized spacial score (nSPS) is 14.9. The Hall–Kier alpha value is -1.43. The van der Waals surface area contributed by atoms with Gasteiger partial charge in [0, 0.05) is 12.2 Å². The van der Waals surface area contributed by atoms with Crippen molar-refractivity contribution in [3.63, 3.8) is 0 Å². The van der Waals surface area contributed by atoms with Gasteiger partial charge in [-0.2, -0.15) is 0 Å². The van der Waals surface area contributed by atoms with Crippen molar-refractivity contribution in [2.24, 2.45) is 5.73 Å². The highest BCUT2D eigenvalue weighted by Gasteiger charge is 2.23. The predicted molar refractivity (Wildman–Crippen MR) is 63.2 cm³/mol. The number of aryl methyl sites for hydroxylation is 1. The van der Waals surface area contributed by atoms with E-state index in [4.69, 9.17) is 5.73 Å². The van der Waals surface area contributed by atoms with Crippen molar-refractivity contribution in [3.05, 3.63) is 11.9 Å². The molecule has 0 bridgehead atoms. The van der Waals surface area contributed by atoms with Crippen molar-refractivity contribution in [1.29, 1.82) is 0 Å². The summed E-state index contributed by atoms with van der Waals surface area (Å²) < 4.78 is 1.59. The highest BCUT2D eigenvalue weighted by atomic mass is 16.2. The zero-order chi connectivity index (χ0) is 12.1. The Bertz CT molecular complexity index is 372. The topological polar surface area (TPSA) is 85.8 Å². The summed E-state index contributed by atoms with van der Waals surface area (Å²) >= 11 is 0. The minimum absolute atomic E-state index is 0.0194. The van der Waals surface area contributed by atoms with Crippen molar-refractivity contribution in [2.45, 2.75) is 44.7 Å². The van der Waals surface area contributed by atoms with E-state index in [2.05, 4.69) is 15.6 Å². The van der Waals surface area contributed by atoms with Gasteiger partial charge in [0.2, 0.25) is 5.91 Å². The fourth-order valence-corrected chi connectivity index (χ4v) is 1.63. The van der Waals surface area contributed by atoms with Gasteiger partial charge in [-0.1, -0.05) is 5.21 Å². The molecule has 0 atom stereocenters. The number of nitrogens with zero attached hydrogens (tertiary/aromatic N) is 3. The second kappa shape index (κ2) is 5.77. The van der Waals surface area contributed by atoms with Crippen LogP contribution in [0.2, 0.25) is 0 Å². The SMILES string of the molecule is NCCCCc1cn(CC(=O)NC2CC2)nn1. The number of unbranched alkanes of at least 4 members (excludes halogenated alkanes) is 1. The molecule has 1 amide bonds. The van der Waals surface area contributed by atoms with Crippen LogP contribution in [0.15, 0.2) is 6.20 Å². The minimum atomic E-state index is 0.0194. The molecule has 1 aromatic heterocycles. The van der Waals surface area contributed by atoms with Crippen LogP contribution in [0.3, 0.4) is 0 Å². The molecule has 6 nitrogen and oxygen atoms in total. The van der Waals surface area contributed by atoms with E-state index in [0.29, 0.717) is 12.6 Å². The molecule has 0 saturated heterocycles. The average molecular weight is 237 g/mol. The molecule has 0 aliphatic heterocycles. The van der Waals surface area contributed by atoms with Gasteiger partial charge < -0.3 is 11.1 Å². The molecule has 94 valence electrons. The Morgan fingerprint density at radius 2 is 2.35 bits per heavy atom. The van der Waals surface area contributed by atoms with E-state index in [1.807, 2.05) is 6.20 Å². The number of rotatable bonds is 7. The van der Waals surface area contributed by atoms with E-state index in [1.165, 1.54) is 0 Å². The van der Waals surface area contributed by atoms with Crippen molar-refractivity contribution in [3.8, 4) is 0 Å². The van der Waals surface area contributed by atoms with Crippen LogP contribution in [0.4, 0.5) is 0 Å². The molecule has 0 radical (unpaired) electrons. The van der Waals surface area contributed by atoms with Crippen LogP contribution in [0.25, 0.3) is 0 Å². The molecular formula is C11H19N5O. The van der Waals surface area contributed by atoms with Crippen LogP contribution in [0.1, 0.15) is 31.4 Å². The quantitative estimate of drug-likeness (QED) is 0.645. The van der Waals surface area contributed by atoms with Crippen LogP contribution < -0.4 is 11.1 Å². The summed E-state index contributed by atoms with van der Waals surface area (Å²) in [6, 6.07) is 0.398. The number of carbonyl (C=O) groups is 1. The van der Waals surface area contributed by atoms with E-state index in [9.17, 15) is 4.79 Å². The first-order valence-corrected chi connectivity index (χ1v) is 6.16. The molecule has 1 aliphatic rings. The zero-order valence-electron chi connectivity index (χ0n) is 9.93. The summed E-state index contributed by atoms with van der Waals surface area (Å²) in [5.74, 6) is 0.0194.